The monoisotopic (exact) mass is 232 g/mol. The number of thioether (sulfide) groups is 1. The van der Waals surface area contributed by atoms with Crippen LogP contribution < -0.4 is 0 Å². The Labute approximate surface area is 93.4 Å². The number of amides is 2. The Hall–Kier alpha value is -0.910. The molecule has 1 heterocycles. The van der Waals surface area contributed by atoms with Gasteiger partial charge in [0, 0.05) is 19.8 Å². The van der Waals surface area contributed by atoms with E-state index in [9.17, 15) is 9.59 Å². The van der Waals surface area contributed by atoms with Crippen LogP contribution in [-0.4, -0.2) is 58.2 Å². The van der Waals surface area contributed by atoms with E-state index in [1.807, 2.05) is 6.92 Å². The molecule has 2 unspecified atom stereocenters. The SMILES string of the molecule is CCC1SCC(C(=O)O)N1C(=O)N(C)C. The fourth-order valence-corrected chi connectivity index (χ4v) is 2.90. The van der Waals surface area contributed by atoms with Gasteiger partial charge in [-0.15, -0.1) is 11.8 Å². The van der Waals surface area contributed by atoms with Crippen LogP contribution in [0, 0.1) is 0 Å². The number of carboxylic acid groups (broad SMARTS) is 1. The van der Waals surface area contributed by atoms with Crippen molar-refractivity contribution in [2.75, 3.05) is 19.8 Å². The fourth-order valence-electron chi connectivity index (χ4n) is 1.56. The van der Waals surface area contributed by atoms with E-state index in [0.717, 1.165) is 6.42 Å². The van der Waals surface area contributed by atoms with Crippen molar-refractivity contribution in [3.63, 3.8) is 0 Å². The van der Waals surface area contributed by atoms with E-state index in [2.05, 4.69) is 0 Å². The van der Waals surface area contributed by atoms with Crippen molar-refractivity contribution in [1.82, 2.24) is 9.80 Å². The summed E-state index contributed by atoms with van der Waals surface area (Å²) >= 11 is 1.53. The molecule has 15 heavy (non-hydrogen) atoms. The van der Waals surface area contributed by atoms with Crippen LogP contribution in [0.3, 0.4) is 0 Å². The van der Waals surface area contributed by atoms with E-state index < -0.39 is 12.0 Å². The van der Waals surface area contributed by atoms with E-state index in [4.69, 9.17) is 5.11 Å². The molecule has 86 valence electrons. The van der Waals surface area contributed by atoms with Crippen LogP contribution >= 0.6 is 11.8 Å². The van der Waals surface area contributed by atoms with Crippen molar-refractivity contribution in [2.24, 2.45) is 0 Å². The van der Waals surface area contributed by atoms with Crippen molar-refractivity contribution < 1.29 is 14.7 Å². The number of urea groups is 1. The molecule has 2 atom stereocenters. The van der Waals surface area contributed by atoms with E-state index in [1.165, 1.54) is 21.6 Å². The Morgan fingerprint density at radius 2 is 2.13 bits per heavy atom. The predicted molar refractivity (Wildman–Crippen MR) is 58.9 cm³/mol. The molecule has 0 bridgehead atoms. The number of hydrogen-bond acceptors (Lipinski definition) is 3. The zero-order valence-electron chi connectivity index (χ0n) is 9.14. The lowest BCUT2D eigenvalue weighted by atomic mass is 10.3. The van der Waals surface area contributed by atoms with Gasteiger partial charge < -0.3 is 10.0 Å². The second-order valence-electron chi connectivity index (χ2n) is 3.63. The van der Waals surface area contributed by atoms with Crippen LogP contribution in [0.4, 0.5) is 4.79 Å². The maximum atomic E-state index is 11.8. The molecule has 1 fully saturated rings. The van der Waals surface area contributed by atoms with Gasteiger partial charge in [-0.1, -0.05) is 6.92 Å². The first kappa shape index (κ1) is 12.2. The third kappa shape index (κ3) is 2.37. The number of nitrogens with zero attached hydrogens (tertiary/aromatic N) is 2. The van der Waals surface area contributed by atoms with Gasteiger partial charge in [0.25, 0.3) is 0 Å². The van der Waals surface area contributed by atoms with Crippen molar-refractivity contribution >= 4 is 23.8 Å². The standard InChI is InChI=1S/C9H16N2O3S/c1-4-7-11(9(14)10(2)3)6(5-15-7)8(12)13/h6-7H,4-5H2,1-3H3,(H,12,13). The summed E-state index contributed by atoms with van der Waals surface area (Å²) in [5.74, 6) is -0.443. The molecule has 1 aliphatic rings. The zero-order chi connectivity index (χ0) is 11.6. The predicted octanol–water partition coefficient (Wildman–Crippen LogP) is 0.906. The Morgan fingerprint density at radius 3 is 2.53 bits per heavy atom. The first-order chi connectivity index (χ1) is 6.99. The average molecular weight is 232 g/mol. The smallest absolute Gasteiger partial charge is 0.327 e. The highest BCUT2D eigenvalue weighted by Crippen LogP contribution is 2.31. The fraction of sp³-hybridized carbons (Fsp3) is 0.778. The van der Waals surface area contributed by atoms with Gasteiger partial charge in [-0.3, -0.25) is 4.90 Å². The molecule has 1 N–H and O–H groups in total. The molecule has 0 radical (unpaired) electrons. The number of carboxylic acids is 1. The van der Waals surface area contributed by atoms with Crippen LogP contribution in [0.2, 0.25) is 0 Å². The molecule has 2 amide bonds. The van der Waals surface area contributed by atoms with E-state index in [1.54, 1.807) is 14.1 Å². The molecule has 0 aromatic rings. The summed E-state index contributed by atoms with van der Waals surface area (Å²) < 4.78 is 0. The normalized spacial score (nSPS) is 25.4. The molecular weight excluding hydrogens is 216 g/mol. The second kappa shape index (κ2) is 4.74. The molecule has 5 nitrogen and oxygen atoms in total. The number of carbonyl (C=O) groups excluding carboxylic acids is 1. The minimum Gasteiger partial charge on any atom is -0.480 e. The van der Waals surface area contributed by atoms with Gasteiger partial charge in [0.05, 0.1) is 5.37 Å². The van der Waals surface area contributed by atoms with Gasteiger partial charge in [0.15, 0.2) is 0 Å². The van der Waals surface area contributed by atoms with Crippen molar-refractivity contribution in [3.8, 4) is 0 Å². The van der Waals surface area contributed by atoms with Gasteiger partial charge in [0.2, 0.25) is 0 Å². The minimum atomic E-state index is -0.923. The number of aliphatic carboxylic acids is 1. The topological polar surface area (TPSA) is 60.9 Å². The lowest BCUT2D eigenvalue weighted by Gasteiger charge is -2.29. The first-order valence-electron chi connectivity index (χ1n) is 4.83. The summed E-state index contributed by atoms with van der Waals surface area (Å²) in [6.07, 6.45) is 0.772. The quantitative estimate of drug-likeness (QED) is 0.768. The van der Waals surface area contributed by atoms with Crippen LogP contribution in [0.5, 0.6) is 0 Å². The van der Waals surface area contributed by atoms with Crippen molar-refractivity contribution in [1.29, 1.82) is 0 Å². The second-order valence-corrected chi connectivity index (χ2v) is 4.85. The van der Waals surface area contributed by atoms with Crippen LogP contribution in [0.25, 0.3) is 0 Å². The van der Waals surface area contributed by atoms with E-state index in [-0.39, 0.29) is 11.4 Å². The molecule has 1 rings (SSSR count). The highest BCUT2D eigenvalue weighted by Gasteiger charge is 2.41. The van der Waals surface area contributed by atoms with Gasteiger partial charge in [-0.2, -0.15) is 0 Å². The van der Waals surface area contributed by atoms with Gasteiger partial charge in [0.1, 0.15) is 6.04 Å². The van der Waals surface area contributed by atoms with Crippen LogP contribution in [0.15, 0.2) is 0 Å². The molecule has 0 spiro atoms. The third-order valence-corrected chi connectivity index (χ3v) is 3.78. The Kier molecular flexibility index (Phi) is 3.84. The number of rotatable bonds is 2. The average Bonchev–Trinajstić information content (AvgIpc) is 2.59. The molecule has 0 saturated carbocycles. The lowest BCUT2D eigenvalue weighted by Crippen LogP contribution is -2.49. The molecule has 1 saturated heterocycles. The molecule has 0 aromatic heterocycles. The Bertz CT molecular complexity index is 270. The molecule has 0 aliphatic carbocycles. The largest absolute Gasteiger partial charge is 0.480 e. The molecule has 0 aromatic carbocycles. The summed E-state index contributed by atoms with van der Waals surface area (Å²) in [7, 11) is 3.27. The maximum Gasteiger partial charge on any atom is 0.327 e. The van der Waals surface area contributed by atoms with Gasteiger partial charge in [-0.05, 0) is 6.42 Å². The lowest BCUT2D eigenvalue weighted by molar-refractivity contribution is -0.141. The Balaban J connectivity index is 2.86. The van der Waals surface area contributed by atoms with Crippen molar-refractivity contribution in [3.05, 3.63) is 0 Å². The number of hydrogen-bond donors (Lipinski definition) is 1. The third-order valence-electron chi connectivity index (χ3n) is 2.33. The highest BCUT2D eigenvalue weighted by atomic mass is 32.2. The van der Waals surface area contributed by atoms with E-state index in [0.29, 0.717) is 5.75 Å². The van der Waals surface area contributed by atoms with Crippen LogP contribution in [0.1, 0.15) is 13.3 Å². The van der Waals surface area contributed by atoms with Gasteiger partial charge in [-0.25, -0.2) is 9.59 Å². The summed E-state index contributed by atoms with van der Waals surface area (Å²) in [6.45, 7) is 1.96. The molecule has 1 aliphatic heterocycles. The van der Waals surface area contributed by atoms with Crippen molar-refractivity contribution in [2.45, 2.75) is 24.8 Å². The summed E-state index contributed by atoms with van der Waals surface area (Å²) in [6, 6.07) is -0.908. The first-order valence-corrected chi connectivity index (χ1v) is 5.88. The molecular formula is C9H16N2O3S. The van der Waals surface area contributed by atoms with E-state index >= 15 is 0 Å². The summed E-state index contributed by atoms with van der Waals surface area (Å²) in [5.41, 5.74) is 0. The zero-order valence-corrected chi connectivity index (χ0v) is 9.95. The highest BCUT2D eigenvalue weighted by molar-refractivity contribution is 8.00. The van der Waals surface area contributed by atoms with Crippen LogP contribution in [-0.2, 0) is 4.79 Å². The summed E-state index contributed by atoms with van der Waals surface area (Å²) in [5, 5.41) is 8.99. The maximum absolute atomic E-state index is 11.8. The molecule has 6 heteroatoms. The minimum absolute atomic E-state index is 0.0130. The number of carbonyl (C=O) groups is 2. The van der Waals surface area contributed by atoms with Gasteiger partial charge >= 0.3 is 12.0 Å². The summed E-state index contributed by atoms with van der Waals surface area (Å²) in [4.78, 5) is 25.7. The Morgan fingerprint density at radius 1 is 1.53 bits per heavy atom.